The van der Waals surface area contributed by atoms with Crippen molar-refractivity contribution in [2.45, 2.75) is 7.19 Å². The summed E-state index contributed by atoms with van der Waals surface area (Å²) in [7, 11) is 0. The van der Waals surface area contributed by atoms with Crippen LogP contribution in [0.4, 0.5) is 0 Å². The van der Waals surface area contributed by atoms with Crippen LogP contribution in [0.25, 0.3) is 0 Å². The highest BCUT2D eigenvalue weighted by atomic mass is 32.3. The summed E-state index contributed by atoms with van der Waals surface area (Å²) in [6, 6.07) is 0. The molecule has 0 aromatic carbocycles. The molecular formula is C8H18OS6. The molecule has 0 saturated carbocycles. The molecule has 0 aliphatic rings. The highest BCUT2D eigenvalue weighted by Crippen LogP contribution is 2.54. The van der Waals surface area contributed by atoms with Gasteiger partial charge in [0.1, 0.15) is 0 Å². The molecule has 0 aromatic heterocycles. The first-order chi connectivity index (χ1) is 7.07. The van der Waals surface area contributed by atoms with E-state index >= 15 is 0 Å². The standard InChI is InChI=1S/C8H18OS6/c1-10-7(11-2,12-3)9-8(13-4,14-5)15-6/h1-6H3. The molecule has 0 radical (unpaired) electrons. The van der Waals surface area contributed by atoms with Crippen LogP contribution in [0.1, 0.15) is 0 Å². The molecule has 0 aromatic rings. The Hall–Kier alpha value is 2.06. The van der Waals surface area contributed by atoms with E-state index in [0.717, 1.165) is 0 Å². The molecule has 0 rings (SSSR count). The van der Waals surface area contributed by atoms with Gasteiger partial charge >= 0.3 is 0 Å². The van der Waals surface area contributed by atoms with Crippen molar-refractivity contribution in [2.24, 2.45) is 0 Å². The first kappa shape index (κ1) is 17.1. The number of hydrogen-bond donors (Lipinski definition) is 0. The van der Waals surface area contributed by atoms with Crippen LogP contribution in [0.3, 0.4) is 0 Å². The predicted molar refractivity (Wildman–Crippen MR) is 87.6 cm³/mol. The second-order valence-corrected chi connectivity index (χ2v) is 9.78. The van der Waals surface area contributed by atoms with Crippen LogP contribution < -0.4 is 0 Å². The van der Waals surface area contributed by atoms with Gasteiger partial charge in [-0.3, -0.25) is 0 Å². The van der Waals surface area contributed by atoms with Gasteiger partial charge in [0.05, 0.1) is 0 Å². The summed E-state index contributed by atoms with van der Waals surface area (Å²) in [5.41, 5.74) is 0. The molecule has 0 bridgehead atoms. The zero-order valence-corrected chi connectivity index (χ0v) is 14.8. The Balaban J connectivity index is 4.74. The van der Waals surface area contributed by atoms with E-state index in [2.05, 4.69) is 37.5 Å². The smallest absolute Gasteiger partial charge is 0.211 e. The molecule has 92 valence electrons. The fraction of sp³-hybridized carbons (Fsp3) is 1.00. The van der Waals surface area contributed by atoms with E-state index in [1.165, 1.54) is 0 Å². The van der Waals surface area contributed by atoms with E-state index in [0.29, 0.717) is 0 Å². The maximum atomic E-state index is 6.30. The molecule has 0 spiro atoms. The minimum atomic E-state index is -0.199. The molecular weight excluding hydrogens is 304 g/mol. The molecule has 0 N–H and O–H groups in total. The Morgan fingerprint density at radius 1 is 0.533 bits per heavy atom. The maximum Gasteiger partial charge on any atom is 0.211 e. The lowest BCUT2D eigenvalue weighted by Crippen LogP contribution is -2.31. The SMILES string of the molecule is CSC(OC(SC)(SC)SC)(SC)SC. The third-order valence-corrected chi connectivity index (χ3v) is 11.2. The number of thioether (sulfide) groups is 6. The first-order valence-electron chi connectivity index (χ1n) is 4.08. The zero-order chi connectivity index (χ0) is 11.9. The van der Waals surface area contributed by atoms with Gasteiger partial charge in [0.15, 0.2) is 0 Å². The van der Waals surface area contributed by atoms with Crippen molar-refractivity contribution >= 4 is 70.6 Å². The summed E-state index contributed by atoms with van der Waals surface area (Å²) in [6.45, 7) is 0. The van der Waals surface area contributed by atoms with E-state index in [9.17, 15) is 0 Å². The van der Waals surface area contributed by atoms with E-state index in [4.69, 9.17) is 4.74 Å². The molecule has 0 atom stereocenters. The van der Waals surface area contributed by atoms with Gasteiger partial charge in [0, 0.05) is 0 Å². The molecule has 0 fully saturated rings. The fourth-order valence-electron chi connectivity index (χ4n) is 0.903. The lowest BCUT2D eigenvalue weighted by atomic mass is 11.4. The summed E-state index contributed by atoms with van der Waals surface area (Å²) in [5.74, 6) is 0. The molecule has 1 nitrogen and oxygen atoms in total. The van der Waals surface area contributed by atoms with Crippen LogP contribution in [0.5, 0.6) is 0 Å². The lowest BCUT2D eigenvalue weighted by molar-refractivity contribution is 0.156. The van der Waals surface area contributed by atoms with Gasteiger partial charge in [0.2, 0.25) is 7.19 Å². The van der Waals surface area contributed by atoms with Gasteiger partial charge in [-0.25, -0.2) is 0 Å². The van der Waals surface area contributed by atoms with Gasteiger partial charge in [-0.2, -0.15) is 0 Å². The monoisotopic (exact) mass is 322 g/mol. The molecule has 15 heavy (non-hydrogen) atoms. The van der Waals surface area contributed by atoms with Gasteiger partial charge in [-0.1, -0.05) is 0 Å². The van der Waals surface area contributed by atoms with Crippen molar-refractivity contribution in [3.05, 3.63) is 0 Å². The highest BCUT2D eigenvalue weighted by molar-refractivity contribution is 8.34. The third kappa shape index (κ3) is 4.67. The quantitative estimate of drug-likeness (QED) is 0.604. The first-order valence-corrected chi connectivity index (χ1v) is 11.4. The lowest BCUT2D eigenvalue weighted by Gasteiger charge is -2.38. The Labute approximate surface area is 119 Å². The van der Waals surface area contributed by atoms with Crippen molar-refractivity contribution in [1.29, 1.82) is 0 Å². The highest BCUT2D eigenvalue weighted by Gasteiger charge is 2.40. The van der Waals surface area contributed by atoms with Crippen LogP contribution in [-0.2, 0) is 4.74 Å². The van der Waals surface area contributed by atoms with Crippen LogP contribution >= 0.6 is 70.6 Å². The van der Waals surface area contributed by atoms with E-state index < -0.39 is 0 Å². The van der Waals surface area contributed by atoms with Crippen LogP contribution in [-0.4, -0.2) is 44.7 Å². The summed E-state index contributed by atoms with van der Waals surface area (Å²) < 4.78 is 5.90. The Morgan fingerprint density at radius 2 is 0.733 bits per heavy atom. The Bertz CT molecular complexity index is 134. The average Bonchev–Trinajstić information content (AvgIpc) is 2.33. The Kier molecular flexibility index (Phi) is 9.34. The number of hydrogen-bond acceptors (Lipinski definition) is 7. The van der Waals surface area contributed by atoms with Gasteiger partial charge in [0.25, 0.3) is 0 Å². The fourth-order valence-corrected chi connectivity index (χ4v) is 6.63. The van der Waals surface area contributed by atoms with Gasteiger partial charge < -0.3 is 4.74 Å². The van der Waals surface area contributed by atoms with Crippen molar-refractivity contribution in [3.8, 4) is 0 Å². The Morgan fingerprint density at radius 3 is 0.867 bits per heavy atom. The third-order valence-electron chi connectivity index (χ3n) is 1.75. The van der Waals surface area contributed by atoms with Gasteiger partial charge in [-0.05, 0) is 37.5 Å². The van der Waals surface area contributed by atoms with Crippen molar-refractivity contribution in [2.75, 3.05) is 37.5 Å². The topological polar surface area (TPSA) is 9.23 Å². The summed E-state index contributed by atoms with van der Waals surface area (Å²) in [6.07, 6.45) is 12.6. The minimum Gasteiger partial charge on any atom is -0.309 e. The second kappa shape index (κ2) is 8.21. The molecule has 0 aliphatic heterocycles. The normalized spacial score (nSPS) is 13.2. The number of rotatable bonds is 8. The van der Waals surface area contributed by atoms with E-state index in [1.54, 1.807) is 70.6 Å². The largest absolute Gasteiger partial charge is 0.309 e. The van der Waals surface area contributed by atoms with Crippen LogP contribution in [0, 0.1) is 0 Å². The van der Waals surface area contributed by atoms with E-state index in [-0.39, 0.29) is 7.19 Å². The van der Waals surface area contributed by atoms with Crippen molar-refractivity contribution in [3.63, 3.8) is 0 Å². The minimum absolute atomic E-state index is 0.199. The predicted octanol–water partition coefficient (Wildman–Crippen LogP) is 4.40. The molecule has 0 saturated heterocycles. The summed E-state index contributed by atoms with van der Waals surface area (Å²) in [4.78, 5) is 0. The van der Waals surface area contributed by atoms with Crippen LogP contribution in [0.15, 0.2) is 0 Å². The van der Waals surface area contributed by atoms with E-state index in [1.807, 2.05) is 0 Å². The van der Waals surface area contributed by atoms with Gasteiger partial charge in [-0.15, -0.1) is 70.6 Å². The second-order valence-electron chi connectivity index (χ2n) is 2.33. The average molecular weight is 323 g/mol. The molecule has 0 unspecified atom stereocenters. The van der Waals surface area contributed by atoms with Crippen molar-refractivity contribution in [1.82, 2.24) is 0 Å². The molecule has 0 heterocycles. The number of ether oxygens (including phenoxy) is 1. The molecule has 0 amide bonds. The summed E-state index contributed by atoms with van der Waals surface area (Å²) in [5, 5.41) is 0. The summed E-state index contributed by atoms with van der Waals surface area (Å²) >= 11 is 10.5. The molecule has 7 heteroatoms. The van der Waals surface area contributed by atoms with Crippen molar-refractivity contribution < 1.29 is 4.74 Å². The zero-order valence-electron chi connectivity index (χ0n) is 9.86. The maximum absolute atomic E-state index is 6.30. The molecule has 0 aliphatic carbocycles. The van der Waals surface area contributed by atoms with Crippen LogP contribution in [0.2, 0.25) is 0 Å².